The van der Waals surface area contributed by atoms with Crippen molar-refractivity contribution in [3.63, 3.8) is 0 Å². The van der Waals surface area contributed by atoms with Gasteiger partial charge in [0.2, 0.25) is 5.91 Å². The Morgan fingerprint density at radius 2 is 1.86 bits per heavy atom. The molecule has 7 nitrogen and oxygen atoms in total. The molecule has 0 saturated heterocycles. The van der Waals surface area contributed by atoms with E-state index in [0.717, 1.165) is 33.4 Å². The van der Waals surface area contributed by atoms with Gasteiger partial charge in [0.25, 0.3) is 5.56 Å². The van der Waals surface area contributed by atoms with Gasteiger partial charge in [-0.25, -0.2) is 9.78 Å². The number of nitrogens with one attached hydrogen (secondary N) is 1. The molecule has 0 aliphatic heterocycles. The lowest BCUT2D eigenvalue weighted by atomic mass is 10.1. The highest BCUT2D eigenvalue weighted by atomic mass is 32.2. The van der Waals surface area contributed by atoms with E-state index in [1.807, 2.05) is 37.3 Å². The number of fused-ring (bicyclic) bond motifs is 1. The molecule has 0 radical (unpaired) electrons. The van der Waals surface area contributed by atoms with Crippen molar-refractivity contribution in [1.29, 1.82) is 0 Å². The second-order valence-corrected chi connectivity index (χ2v) is 7.80. The van der Waals surface area contributed by atoms with Gasteiger partial charge in [0, 0.05) is 31.7 Å². The van der Waals surface area contributed by atoms with Crippen molar-refractivity contribution in [3.05, 3.63) is 68.5 Å². The Labute approximate surface area is 172 Å². The molecular weight excluding hydrogens is 388 g/mol. The monoisotopic (exact) mass is 412 g/mol. The predicted molar refractivity (Wildman–Crippen MR) is 115 cm³/mol. The predicted octanol–water partition coefficient (Wildman–Crippen LogP) is 1.99. The smallest absolute Gasteiger partial charge is 0.332 e. The number of carbonyl (C=O) groups is 1. The molecule has 0 fully saturated rings. The number of pyridine rings is 1. The van der Waals surface area contributed by atoms with Gasteiger partial charge in [-0.05, 0) is 17.5 Å². The van der Waals surface area contributed by atoms with Crippen molar-refractivity contribution in [2.45, 2.75) is 31.2 Å². The number of benzene rings is 1. The minimum Gasteiger partial charge on any atom is -0.351 e. The van der Waals surface area contributed by atoms with Crippen LogP contribution in [-0.4, -0.2) is 25.8 Å². The lowest BCUT2D eigenvalue weighted by Gasteiger charge is -2.14. The van der Waals surface area contributed by atoms with Crippen LogP contribution in [0.5, 0.6) is 0 Å². The molecule has 0 saturated carbocycles. The van der Waals surface area contributed by atoms with Crippen molar-refractivity contribution in [1.82, 2.24) is 19.4 Å². The molecule has 1 amide bonds. The van der Waals surface area contributed by atoms with E-state index in [4.69, 9.17) is 0 Å². The van der Waals surface area contributed by atoms with Gasteiger partial charge in [0.15, 0.2) is 0 Å². The summed E-state index contributed by atoms with van der Waals surface area (Å²) in [6, 6.07) is 9.69. The molecule has 3 rings (SSSR count). The number of amides is 1. The van der Waals surface area contributed by atoms with E-state index in [1.165, 1.54) is 23.4 Å². The van der Waals surface area contributed by atoms with Gasteiger partial charge in [0.1, 0.15) is 5.65 Å². The van der Waals surface area contributed by atoms with Crippen LogP contribution < -0.4 is 16.6 Å². The van der Waals surface area contributed by atoms with E-state index in [-0.39, 0.29) is 17.2 Å². The highest BCUT2D eigenvalue weighted by Gasteiger charge is 2.18. The molecule has 0 atom stereocenters. The highest BCUT2D eigenvalue weighted by Crippen LogP contribution is 2.28. The third kappa shape index (κ3) is 4.42. The van der Waals surface area contributed by atoms with Gasteiger partial charge in [-0.3, -0.25) is 18.7 Å². The quantitative estimate of drug-likeness (QED) is 0.600. The average Bonchev–Trinajstić information content (AvgIpc) is 2.74. The molecule has 8 heteroatoms. The van der Waals surface area contributed by atoms with Crippen LogP contribution in [0, 0.1) is 0 Å². The van der Waals surface area contributed by atoms with Crippen LogP contribution in [0.3, 0.4) is 0 Å². The Kier molecular flexibility index (Phi) is 6.53. The summed E-state index contributed by atoms with van der Waals surface area (Å²) in [5.41, 5.74) is 1.47. The van der Waals surface area contributed by atoms with Crippen LogP contribution in [0.2, 0.25) is 0 Å². The molecule has 0 unspecified atom stereocenters. The number of hydrogen-bond acceptors (Lipinski definition) is 5. The van der Waals surface area contributed by atoms with Crippen molar-refractivity contribution in [2.24, 2.45) is 14.1 Å². The molecular formula is C21H24N4O3S. The van der Waals surface area contributed by atoms with E-state index >= 15 is 0 Å². The standard InChI is InChI=1S/C21H24N4O3S/c1-4-8-15-12-23-19-17(20(27)25(3)21(28)24(19)2)18(15)29-13-16(26)22-11-14-9-6-5-7-10-14/h5-7,9-10,12H,4,8,11,13H2,1-3H3,(H,22,26). The Hall–Kier alpha value is -2.87. The molecule has 152 valence electrons. The maximum Gasteiger partial charge on any atom is 0.332 e. The fourth-order valence-corrected chi connectivity index (χ4v) is 4.18. The lowest BCUT2D eigenvalue weighted by molar-refractivity contribution is -0.118. The van der Waals surface area contributed by atoms with Crippen LogP contribution in [0.1, 0.15) is 24.5 Å². The van der Waals surface area contributed by atoms with E-state index in [2.05, 4.69) is 10.3 Å². The molecule has 1 N–H and O–H groups in total. The Balaban J connectivity index is 1.90. The number of nitrogens with zero attached hydrogens (tertiary/aromatic N) is 3. The average molecular weight is 413 g/mol. The minimum absolute atomic E-state index is 0.118. The van der Waals surface area contributed by atoms with Crippen LogP contribution in [-0.2, 0) is 31.9 Å². The molecule has 3 aromatic rings. The maximum absolute atomic E-state index is 12.8. The molecule has 2 heterocycles. The minimum atomic E-state index is -0.421. The summed E-state index contributed by atoms with van der Waals surface area (Å²) in [4.78, 5) is 42.5. The number of carbonyl (C=O) groups excluding carboxylic acids is 1. The second kappa shape index (κ2) is 9.09. The molecule has 1 aromatic carbocycles. The first-order chi connectivity index (χ1) is 13.9. The summed E-state index contributed by atoms with van der Waals surface area (Å²) in [6.07, 6.45) is 3.32. The van der Waals surface area contributed by atoms with E-state index < -0.39 is 5.69 Å². The number of rotatable bonds is 7. The van der Waals surface area contributed by atoms with E-state index in [0.29, 0.717) is 17.6 Å². The van der Waals surface area contributed by atoms with Crippen molar-refractivity contribution < 1.29 is 4.79 Å². The Bertz CT molecular complexity index is 1150. The van der Waals surface area contributed by atoms with Crippen molar-refractivity contribution in [2.75, 3.05) is 5.75 Å². The zero-order chi connectivity index (χ0) is 21.0. The summed E-state index contributed by atoms with van der Waals surface area (Å²) < 4.78 is 2.45. The molecule has 0 aliphatic carbocycles. The number of aromatic nitrogens is 3. The number of thioether (sulfide) groups is 1. The van der Waals surface area contributed by atoms with Gasteiger partial charge in [-0.15, -0.1) is 11.8 Å². The van der Waals surface area contributed by atoms with Crippen LogP contribution in [0.4, 0.5) is 0 Å². The van der Waals surface area contributed by atoms with Gasteiger partial charge >= 0.3 is 5.69 Å². The molecule has 29 heavy (non-hydrogen) atoms. The third-order valence-corrected chi connectivity index (χ3v) is 5.86. The summed E-state index contributed by atoms with van der Waals surface area (Å²) >= 11 is 1.32. The van der Waals surface area contributed by atoms with Crippen LogP contribution in [0.25, 0.3) is 11.0 Å². The van der Waals surface area contributed by atoms with Gasteiger partial charge in [-0.1, -0.05) is 43.7 Å². The van der Waals surface area contributed by atoms with Crippen LogP contribution in [0.15, 0.2) is 51.0 Å². The fraction of sp³-hybridized carbons (Fsp3) is 0.333. The summed E-state index contributed by atoms with van der Waals surface area (Å²) in [5, 5.41) is 3.29. The van der Waals surface area contributed by atoms with E-state index in [9.17, 15) is 14.4 Å². The first kappa shape index (κ1) is 20.9. The fourth-order valence-electron chi connectivity index (χ4n) is 3.14. The van der Waals surface area contributed by atoms with Gasteiger partial charge in [-0.2, -0.15) is 0 Å². The first-order valence-electron chi connectivity index (χ1n) is 9.45. The zero-order valence-corrected chi connectivity index (χ0v) is 17.6. The molecule has 2 aromatic heterocycles. The van der Waals surface area contributed by atoms with Gasteiger partial charge in [0.05, 0.1) is 11.1 Å². The van der Waals surface area contributed by atoms with Crippen LogP contribution >= 0.6 is 11.8 Å². The number of hydrogen-bond donors (Lipinski definition) is 1. The SMILES string of the molecule is CCCc1cnc2c(c1SCC(=O)NCc1ccccc1)c(=O)n(C)c(=O)n2C. The molecule has 0 spiro atoms. The highest BCUT2D eigenvalue weighted by molar-refractivity contribution is 8.00. The first-order valence-corrected chi connectivity index (χ1v) is 10.4. The zero-order valence-electron chi connectivity index (χ0n) is 16.8. The summed E-state index contributed by atoms with van der Waals surface area (Å²) in [7, 11) is 3.05. The largest absolute Gasteiger partial charge is 0.351 e. The van der Waals surface area contributed by atoms with Crippen molar-refractivity contribution >= 4 is 28.7 Å². The molecule has 0 bridgehead atoms. The van der Waals surface area contributed by atoms with Crippen molar-refractivity contribution in [3.8, 4) is 0 Å². The molecule has 0 aliphatic rings. The summed E-state index contributed by atoms with van der Waals surface area (Å²) in [5.74, 6) is 0.0576. The van der Waals surface area contributed by atoms with Gasteiger partial charge < -0.3 is 5.32 Å². The second-order valence-electron chi connectivity index (χ2n) is 6.82. The topological polar surface area (TPSA) is 86.0 Å². The Morgan fingerprint density at radius 3 is 2.55 bits per heavy atom. The Morgan fingerprint density at radius 1 is 1.14 bits per heavy atom. The van der Waals surface area contributed by atoms with E-state index in [1.54, 1.807) is 13.2 Å². The maximum atomic E-state index is 12.8. The normalized spacial score (nSPS) is 11.0. The number of aryl methyl sites for hydroxylation is 2. The summed E-state index contributed by atoms with van der Waals surface area (Å²) in [6.45, 7) is 2.50. The third-order valence-electron chi connectivity index (χ3n) is 4.69. The lowest BCUT2D eigenvalue weighted by Crippen LogP contribution is -2.37.